The van der Waals surface area contributed by atoms with E-state index in [1.165, 1.54) is 12.8 Å². The number of imidazole rings is 1. The molecule has 1 aromatic heterocycles. The fraction of sp³-hybridized carbons (Fsp3) is 0.733. The first kappa shape index (κ1) is 13.5. The van der Waals surface area contributed by atoms with Crippen LogP contribution in [0.1, 0.15) is 58.3 Å². The van der Waals surface area contributed by atoms with Crippen LogP contribution in [0.4, 0.5) is 4.79 Å². The van der Waals surface area contributed by atoms with Gasteiger partial charge in [0.15, 0.2) is 0 Å². The molecule has 1 N–H and O–H groups in total. The van der Waals surface area contributed by atoms with Crippen molar-refractivity contribution in [3.8, 4) is 0 Å². The lowest BCUT2D eigenvalue weighted by atomic mass is 9.74. The molecule has 20 heavy (non-hydrogen) atoms. The van der Waals surface area contributed by atoms with E-state index in [9.17, 15) is 4.79 Å². The number of hydrogen-bond acceptors (Lipinski definition) is 3. The van der Waals surface area contributed by atoms with Crippen LogP contribution >= 0.6 is 0 Å². The summed E-state index contributed by atoms with van der Waals surface area (Å²) >= 11 is 0. The fourth-order valence-corrected chi connectivity index (χ4v) is 3.52. The molecule has 1 aliphatic carbocycles. The predicted octanol–water partition coefficient (Wildman–Crippen LogP) is 3.26. The minimum atomic E-state index is -0.457. The van der Waals surface area contributed by atoms with Crippen LogP contribution in [-0.4, -0.2) is 32.6 Å². The van der Waals surface area contributed by atoms with Crippen LogP contribution < -0.4 is 0 Å². The molecular weight excluding hydrogens is 254 g/mol. The standard InChI is InChI=1S/C15H23N3O2/c1-15(2,3)20-14(19)18-11-6-4-10(5-7-11)12(18)13-16-8-9-17-13/h8-12H,4-7H2,1-3H3,(H,16,17). The van der Waals surface area contributed by atoms with E-state index in [1.807, 2.05) is 31.9 Å². The summed E-state index contributed by atoms with van der Waals surface area (Å²) in [5, 5.41) is 0. The lowest BCUT2D eigenvalue weighted by Crippen LogP contribution is -2.54. The minimum Gasteiger partial charge on any atom is -0.444 e. The molecule has 4 rings (SSSR count). The van der Waals surface area contributed by atoms with E-state index >= 15 is 0 Å². The van der Waals surface area contributed by atoms with Gasteiger partial charge in [-0.2, -0.15) is 0 Å². The average Bonchev–Trinajstić information content (AvgIpc) is 2.90. The molecule has 110 valence electrons. The zero-order chi connectivity index (χ0) is 14.3. The Morgan fingerprint density at radius 2 is 2.05 bits per heavy atom. The highest BCUT2D eigenvalue weighted by Crippen LogP contribution is 2.46. The van der Waals surface area contributed by atoms with Gasteiger partial charge in [0.1, 0.15) is 11.4 Å². The Hall–Kier alpha value is -1.52. The number of H-pyrrole nitrogens is 1. The highest BCUT2D eigenvalue weighted by molar-refractivity contribution is 5.69. The number of fused-ring (bicyclic) bond motifs is 3. The Kier molecular flexibility index (Phi) is 3.22. The first-order chi connectivity index (χ1) is 9.46. The third-order valence-electron chi connectivity index (χ3n) is 4.28. The fourth-order valence-electron chi connectivity index (χ4n) is 3.52. The van der Waals surface area contributed by atoms with Crippen molar-refractivity contribution in [3.05, 3.63) is 18.2 Å². The molecule has 2 bridgehead atoms. The summed E-state index contributed by atoms with van der Waals surface area (Å²) in [4.78, 5) is 22.1. The monoisotopic (exact) mass is 277 g/mol. The second-order valence-corrected chi connectivity index (χ2v) is 6.88. The summed E-state index contributed by atoms with van der Waals surface area (Å²) < 4.78 is 5.60. The van der Waals surface area contributed by atoms with E-state index < -0.39 is 5.60 Å². The third-order valence-corrected chi connectivity index (χ3v) is 4.28. The summed E-state index contributed by atoms with van der Waals surface area (Å²) in [7, 11) is 0. The number of carbonyl (C=O) groups is 1. The average molecular weight is 277 g/mol. The number of aromatic amines is 1. The van der Waals surface area contributed by atoms with Crippen LogP contribution in [0.5, 0.6) is 0 Å². The molecule has 2 saturated heterocycles. The van der Waals surface area contributed by atoms with Crippen LogP contribution in [0.3, 0.4) is 0 Å². The van der Waals surface area contributed by atoms with Gasteiger partial charge in [-0.25, -0.2) is 9.78 Å². The number of nitrogens with zero attached hydrogens (tertiary/aromatic N) is 2. The van der Waals surface area contributed by atoms with E-state index in [0.29, 0.717) is 12.0 Å². The van der Waals surface area contributed by atoms with Crippen LogP contribution in [0, 0.1) is 5.92 Å². The Balaban J connectivity index is 1.87. The summed E-state index contributed by atoms with van der Waals surface area (Å²) in [6.45, 7) is 5.74. The molecule has 5 nitrogen and oxygen atoms in total. The van der Waals surface area contributed by atoms with Crippen molar-refractivity contribution in [1.82, 2.24) is 14.9 Å². The summed E-state index contributed by atoms with van der Waals surface area (Å²) in [6, 6.07) is 0.345. The molecule has 5 heteroatoms. The molecule has 3 fully saturated rings. The lowest BCUT2D eigenvalue weighted by Gasteiger charge is -2.50. The largest absolute Gasteiger partial charge is 0.444 e. The normalized spacial score (nSPS) is 29.6. The number of ether oxygens (including phenoxy) is 1. The number of aromatic nitrogens is 2. The zero-order valence-electron chi connectivity index (χ0n) is 12.4. The van der Waals surface area contributed by atoms with Crippen molar-refractivity contribution < 1.29 is 9.53 Å². The summed E-state index contributed by atoms with van der Waals surface area (Å²) in [5.41, 5.74) is -0.457. The van der Waals surface area contributed by atoms with Crippen molar-refractivity contribution in [2.75, 3.05) is 0 Å². The van der Waals surface area contributed by atoms with E-state index in [0.717, 1.165) is 18.7 Å². The van der Waals surface area contributed by atoms with Crippen LogP contribution in [-0.2, 0) is 4.74 Å². The van der Waals surface area contributed by atoms with Gasteiger partial charge in [-0.15, -0.1) is 0 Å². The lowest BCUT2D eigenvalue weighted by molar-refractivity contribution is -0.0439. The van der Waals surface area contributed by atoms with Gasteiger partial charge < -0.3 is 9.72 Å². The van der Waals surface area contributed by atoms with E-state index in [1.54, 1.807) is 6.20 Å². The topological polar surface area (TPSA) is 58.2 Å². The van der Waals surface area contributed by atoms with Gasteiger partial charge in [0.2, 0.25) is 0 Å². The molecule has 1 unspecified atom stereocenters. The Morgan fingerprint density at radius 1 is 1.35 bits per heavy atom. The Morgan fingerprint density at radius 3 is 2.60 bits per heavy atom. The second kappa shape index (κ2) is 4.79. The van der Waals surface area contributed by atoms with Gasteiger partial charge in [0.25, 0.3) is 0 Å². The molecule has 3 heterocycles. The number of hydrogen-bond donors (Lipinski definition) is 1. The molecular formula is C15H23N3O2. The first-order valence-electron chi connectivity index (χ1n) is 7.46. The molecule has 0 aromatic carbocycles. The van der Waals surface area contributed by atoms with E-state index in [2.05, 4.69) is 9.97 Å². The number of piperidine rings is 2. The van der Waals surface area contributed by atoms with Gasteiger partial charge in [0, 0.05) is 18.4 Å². The molecule has 3 aliphatic rings. The number of rotatable bonds is 1. The first-order valence-corrected chi connectivity index (χ1v) is 7.46. The minimum absolute atomic E-state index is 0.0485. The van der Waals surface area contributed by atoms with Crippen molar-refractivity contribution >= 4 is 6.09 Å². The van der Waals surface area contributed by atoms with Crippen LogP contribution in [0.15, 0.2) is 12.4 Å². The highest BCUT2D eigenvalue weighted by atomic mass is 16.6. The number of carbonyl (C=O) groups excluding carboxylic acids is 1. The number of amides is 1. The molecule has 1 saturated carbocycles. The maximum absolute atomic E-state index is 12.6. The molecule has 2 aliphatic heterocycles. The third kappa shape index (κ3) is 2.41. The molecule has 1 amide bonds. The van der Waals surface area contributed by atoms with Gasteiger partial charge in [-0.3, -0.25) is 4.90 Å². The zero-order valence-corrected chi connectivity index (χ0v) is 12.4. The van der Waals surface area contributed by atoms with Crippen molar-refractivity contribution in [2.24, 2.45) is 5.92 Å². The molecule has 0 radical (unpaired) electrons. The number of nitrogens with one attached hydrogen (secondary N) is 1. The maximum atomic E-state index is 12.6. The van der Waals surface area contributed by atoms with Crippen molar-refractivity contribution in [2.45, 2.75) is 64.1 Å². The Bertz CT molecular complexity index is 470. The summed E-state index contributed by atoms with van der Waals surface area (Å²) in [6.07, 6.45) is 7.90. The Labute approximate surface area is 119 Å². The van der Waals surface area contributed by atoms with Crippen molar-refractivity contribution in [3.63, 3.8) is 0 Å². The SMILES string of the molecule is CC(C)(C)OC(=O)N1C2CCC(CC2)C1c1ncc[nH]1. The van der Waals surface area contributed by atoms with Crippen molar-refractivity contribution in [1.29, 1.82) is 0 Å². The second-order valence-electron chi connectivity index (χ2n) is 6.88. The van der Waals surface area contributed by atoms with Gasteiger partial charge in [-0.05, 0) is 52.4 Å². The highest BCUT2D eigenvalue weighted by Gasteiger charge is 2.47. The van der Waals surface area contributed by atoms with Gasteiger partial charge in [-0.1, -0.05) is 0 Å². The van der Waals surface area contributed by atoms with Gasteiger partial charge in [0.05, 0.1) is 6.04 Å². The van der Waals surface area contributed by atoms with Crippen LogP contribution in [0.25, 0.3) is 0 Å². The summed E-state index contributed by atoms with van der Waals surface area (Å²) in [5.74, 6) is 1.39. The maximum Gasteiger partial charge on any atom is 0.411 e. The van der Waals surface area contributed by atoms with E-state index in [4.69, 9.17) is 4.74 Å². The quantitative estimate of drug-likeness (QED) is 0.857. The molecule has 1 atom stereocenters. The van der Waals surface area contributed by atoms with Crippen LogP contribution in [0.2, 0.25) is 0 Å². The molecule has 1 aromatic rings. The van der Waals surface area contributed by atoms with E-state index in [-0.39, 0.29) is 12.1 Å². The van der Waals surface area contributed by atoms with Gasteiger partial charge >= 0.3 is 6.09 Å². The predicted molar refractivity (Wildman–Crippen MR) is 75.1 cm³/mol. The smallest absolute Gasteiger partial charge is 0.411 e. The molecule has 0 spiro atoms.